The SMILES string of the molecule is Cc1[nH]ncc1CCCNC(=O)C1NCCC1C. The van der Waals surface area contributed by atoms with E-state index in [9.17, 15) is 4.79 Å². The molecule has 1 saturated heterocycles. The van der Waals surface area contributed by atoms with E-state index in [1.807, 2.05) is 13.1 Å². The van der Waals surface area contributed by atoms with Crippen LogP contribution in [0.25, 0.3) is 0 Å². The van der Waals surface area contributed by atoms with Crippen LogP contribution in [0.4, 0.5) is 0 Å². The fraction of sp³-hybridized carbons (Fsp3) is 0.692. The molecule has 0 aliphatic carbocycles. The molecule has 0 radical (unpaired) electrons. The second kappa shape index (κ2) is 6.00. The van der Waals surface area contributed by atoms with Gasteiger partial charge in [-0.05, 0) is 44.2 Å². The number of aryl methyl sites for hydroxylation is 2. The van der Waals surface area contributed by atoms with Gasteiger partial charge in [0.2, 0.25) is 5.91 Å². The van der Waals surface area contributed by atoms with Gasteiger partial charge in [-0.2, -0.15) is 5.10 Å². The van der Waals surface area contributed by atoms with Crippen LogP contribution in [0.15, 0.2) is 6.20 Å². The van der Waals surface area contributed by atoms with Crippen LogP contribution in [0.3, 0.4) is 0 Å². The van der Waals surface area contributed by atoms with Gasteiger partial charge in [-0.25, -0.2) is 0 Å². The number of carbonyl (C=O) groups excluding carboxylic acids is 1. The minimum atomic E-state index is 0.000612. The van der Waals surface area contributed by atoms with Crippen molar-refractivity contribution in [1.82, 2.24) is 20.8 Å². The van der Waals surface area contributed by atoms with Crippen LogP contribution >= 0.6 is 0 Å². The largest absolute Gasteiger partial charge is 0.355 e. The van der Waals surface area contributed by atoms with Crippen molar-refractivity contribution in [2.45, 2.75) is 39.2 Å². The number of nitrogens with zero attached hydrogens (tertiary/aromatic N) is 1. The summed E-state index contributed by atoms with van der Waals surface area (Å²) in [5, 5.41) is 13.2. The Bertz CT molecular complexity index is 401. The van der Waals surface area contributed by atoms with Gasteiger partial charge < -0.3 is 10.6 Å². The zero-order chi connectivity index (χ0) is 13.0. The zero-order valence-electron chi connectivity index (χ0n) is 11.1. The first kappa shape index (κ1) is 13.1. The Morgan fingerprint density at radius 2 is 2.44 bits per heavy atom. The number of carbonyl (C=O) groups is 1. The highest BCUT2D eigenvalue weighted by atomic mass is 16.2. The second-order valence-corrected chi connectivity index (χ2v) is 5.11. The molecule has 2 rings (SSSR count). The summed E-state index contributed by atoms with van der Waals surface area (Å²) in [4.78, 5) is 11.9. The minimum Gasteiger partial charge on any atom is -0.355 e. The third-order valence-electron chi connectivity index (χ3n) is 3.67. The topological polar surface area (TPSA) is 69.8 Å². The predicted octanol–water partition coefficient (Wildman–Crippen LogP) is 0.765. The second-order valence-electron chi connectivity index (χ2n) is 5.11. The van der Waals surface area contributed by atoms with Gasteiger partial charge in [0.05, 0.1) is 12.2 Å². The third kappa shape index (κ3) is 3.10. The van der Waals surface area contributed by atoms with E-state index in [4.69, 9.17) is 0 Å². The van der Waals surface area contributed by atoms with Crippen molar-refractivity contribution < 1.29 is 4.79 Å². The Morgan fingerprint density at radius 3 is 3.06 bits per heavy atom. The van der Waals surface area contributed by atoms with Gasteiger partial charge in [-0.1, -0.05) is 6.92 Å². The molecule has 1 aromatic heterocycles. The lowest BCUT2D eigenvalue weighted by atomic mass is 10.0. The van der Waals surface area contributed by atoms with Crippen LogP contribution in [0, 0.1) is 12.8 Å². The number of nitrogens with one attached hydrogen (secondary N) is 3. The molecule has 5 nitrogen and oxygen atoms in total. The van der Waals surface area contributed by atoms with Crippen molar-refractivity contribution in [1.29, 1.82) is 0 Å². The van der Waals surface area contributed by atoms with Crippen LogP contribution in [0.5, 0.6) is 0 Å². The van der Waals surface area contributed by atoms with Crippen molar-refractivity contribution in [2.75, 3.05) is 13.1 Å². The number of amides is 1. The van der Waals surface area contributed by atoms with Crippen molar-refractivity contribution in [3.05, 3.63) is 17.5 Å². The molecule has 0 spiro atoms. The molecule has 1 aliphatic heterocycles. The first-order valence-electron chi connectivity index (χ1n) is 6.68. The molecule has 3 N–H and O–H groups in total. The highest BCUT2D eigenvalue weighted by Crippen LogP contribution is 2.14. The van der Waals surface area contributed by atoms with E-state index in [0.717, 1.165) is 38.0 Å². The third-order valence-corrected chi connectivity index (χ3v) is 3.67. The maximum atomic E-state index is 11.9. The summed E-state index contributed by atoms with van der Waals surface area (Å²) in [6, 6.07) is 0.000612. The van der Waals surface area contributed by atoms with E-state index in [-0.39, 0.29) is 11.9 Å². The Kier molecular flexibility index (Phi) is 4.36. The van der Waals surface area contributed by atoms with E-state index in [1.54, 1.807) is 0 Å². The maximum Gasteiger partial charge on any atom is 0.237 e. The molecule has 100 valence electrons. The summed E-state index contributed by atoms with van der Waals surface area (Å²) < 4.78 is 0. The van der Waals surface area contributed by atoms with Crippen molar-refractivity contribution in [3.8, 4) is 0 Å². The van der Waals surface area contributed by atoms with Crippen LogP contribution in [-0.2, 0) is 11.2 Å². The molecule has 2 atom stereocenters. The van der Waals surface area contributed by atoms with E-state index in [1.165, 1.54) is 5.56 Å². The first-order valence-corrected chi connectivity index (χ1v) is 6.68. The van der Waals surface area contributed by atoms with Crippen LogP contribution in [0.2, 0.25) is 0 Å². The number of aromatic amines is 1. The van der Waals surface area contributed by atoms with Crippen LogP contribution in [-0.4, -0.2) is 35.2 Å². The highest BCUT2D eigenvalue weighted by molar-refractivity contribution is 5.82. The molecule has 0 bridgehead atoms. The molecule has 1 aromatic rings. The Morgan fingerprint density at radius 1 is 1.61 bits per heavy atom. The summed E-state index contributed by atoms with van der Waals surface area (Å²) in [5.74, 6) is 0.588. The molecule has 1 amide bonds. The molecule has 1 aliphatic rings. The standard InChI is InChI=1S/C13H22N4O/c1-9-5-7-14-12(9)13(18)15-6-3-4-11-8-16-17-10(11)2/h8-9,12,14H,3-7H2,1-2H3,(H,15,18)(H,16,17). The van der Waals surface area contributed by atoms with Gasteiger partial charge in [-0.3, -0.25) is 9.89 Å². The van der Waals surface area contributed by atoms with Gasteiger partial charge in [-0.15, -0.1) is 0 Å². The Labute approximate surface area is 108 Å². The average molecular weight is 250 g/mol. The Balaban J connectivity index is 1.66. The van der Waals surface area contributed by atoms with Crippen molar-refractivity contribution >= 4 is 5.91 Å². The average Bonchev–Trinajstić information content (AvgIpc) is 2.94. The van der Waals surface area contributed by atoms with Crippen LogP contribution in [0.1, 0.15) is 31.0 Å². The van der Waals surface area contributed by atoms with Gasteiger partial charge >= 0.3 is 0 Å². The molecule has 5 heteroatoms. The monoisotopic (exact) mass is 250 g/mol. The fourth-order valence-corrected chi connectivity index (χ4v) is 2.41. The quantitative estimate of drug-likeness (QED) is 0.676. The summed E-state index contributed by atoms with van der Waals surface area (Å²) in [6.45, 7) is 5.83. The molecule has 0 aromatic carbocycles. The smallest absolute Gasteiger partial charge is 0.237 e. The van der Waals surface area contributed by atoms with Gasteiger partial charge in [0, 0.05) is 12.2 Å². The highest BCUT2D eigenvalue weighted by Gasteiger charge is 2.28. The molecule has 0 saturated carbocycles. The summed E-state index contributed by atoms with van der Waals surface area (Å²) in [5.41, 5.74) is 2.35. The molecule has 2 heterocycles. The van der Waals surface area contributed by atoms with Crippen molar-refractivity contribution in [2.24, 2.45) is 5.92 Å². The lowest BCUT2D eigenvalue weighted by molar-refractivity contribution is -0.123. The number of hydrogen-bond donors (Lipinski definition) is 3. The van der Waals surface area contributed by atoms with E-state index in [2.05, 4.69) is 27.8 Å². The molecule has 1 fully saturated rings. The first-order chi connectivity index (χ1) is 8.68. The number of rotatable bonds is 5. The minimum absolute atomic E-state index is 0.000612. The molecular weight excluding hydrogens is 228 g/mol. The Hall–Kier alpha value is -1.36. The van der Waals surface area contributed by atoms with Crippen LogP contribution < -0.4 is 10.6 Å². The molecule has 18 heavy (non-hydrogen) atoms. The maximum absolute atomic E-state index is 11.9. The summed E-state index contributed by atoms with van der Waals surface area (Å²) in [6.07, 6.45) is 4.85. The lowest BCUT2D eigenvalue weighted by Gasteiger charge is -2.15. The van der Waals surface area contributed by atoms with E-state index in [0.29, 0.717) is 5.92 Å². The van der Waals surface area contributed by atoms with Gasteiger partial charge in [0.1, 0.15) is 0 Å². The van der Waals surface area contributed by atoms with Gasteiger partial charge in [0.25, 0.3) is 0 Å². The fourth-order valence-electron chi connectivity index (χ4n) is 2.41. The lowest BCUT2D eigenvalue weighted by Crippen LogP contribution is -2.43. The van der Waals surface area contributed by atoms with E-state index >= 15 is 0 Å². The predicted molar refractivity (Wildman–Crippen MR) is 70.2 cm³/mol. The zero-order valence-corrected chi connectivity index (χ0v) is 11.1. The summed E-state index contributed by atoms with van der Waals surface area (Å²) in [7, 11) is 0. The molecule has 2 unspecified atom stereocenters. The number of aromatic nitrogens is 2. The van der Waals surface area contributed by atoms with Crippen molar-refractivity contribution in [3.63, 3.8) is 0 Å². The summed E-state index contributed by atoms with van der Waals surface area (Å²) >= 11 is 0. The number of H-pyrrole nitrogens is 1. The van der Waals surface area contributed by atoms with E-state index < -0.39 is 0 Å². The van der Waals surface area contributed by atoms with Gasteiger partial charge in [0.15, 0.2) is 0 Å². The molecular formula is C13H22N4O. The number of hydrogen-bond acceptors (Lipinski definition) is 3. The normalized spacial score (nSPS) is 23.2.